The molecule has 0 saturated heterocycles. The lowest BCUT2D eigenvalue weighted by molar-refractivity contribution is -0.274. The van der Waals surface area contributed by atoms with Gasteiger partial charge >= 0.3 is 6.36 Å². The minimum absolute atomic E-state index is 0.244. The maximum atomic E-state index is 12.2. The molecule has 0 spiro atoms. The summed E-state index contributed by atoms with van der Waals surface area (Å²) in [4.78, 5) is 0. The first-order valence-corrected chi connectivity index (χ1v) is 6.10. The van der Waals surface area contributed by atoms with Crippen LogP contribution in [-0.2, 0) is 0 Å². The minimum Gasteiger partial charge on any atom is -0.404 e. The summed E-state index contributed by atoms with van der Waals surface area (Å²) in [5, 5.41) is 2.82. The van der Waals surface area contributed by atoms with Crippen LogP contribution >= 0.6 is 27.5 Å². The van der Waals surface area contributed by atoms with Crippen LogP contribution in [0.4, 0.5) is 18.9 Å². The van der Waals surface area contributed by atoms with E-state index in [1.54, 1.807) is 13.0 Å². The number of nitrogens with one attached hydrogen (secondary N) is 1. The first kappa shape index (κ1) is 15.2. The number of rotatable bonds is 4. The first-order valence-electron chi connectivity index (χ1n) is 4.87. The van der Waals surface area contributed by atoms with Gasteiger partial charge in [0.15, 0.2) is 5.75 Å². The van der Waals surface area contributed by atoms with Crippen molar-refractivity contribution < 1.29 is 17.9 Å². The van der Waals surface area contributed by atoms with Crippen LogP contribution < -0.4 is 10.1 Å². The molecule has 1 rings (SSSR count). The largest absolute Gasteiger partial charge is 0.573 e. The van der Waals surface area contributed by atoms with Crippen molar-refractivity contribution >= 4 is 33.2 Å². The zero-order valence-corrected chi connectivity index (χ0v) is 11.7. The van der Waals surface area contributed by atoms with E-state index in [-0.39, 0.29) is 11.4 Å². The third-order valence-electron chi connectivity index (χ3n) is 1.91. The van der Waals surface area contributed by atoms with Gasteiger partial charge in [-0.05, 0) is 30.7 Å². The van der Waals surface area contributed by atoms with E-state index in [2.05, 4.69) is 26.0 Å². The maximum Gasteiger partial charge on any atom is 0.573 e. The maximum absolute atomic E-state index is 12.2. The molecule has 1 N–H and O–H groups in total. The van der Waals surface area contributed by atoms with Crippen LogP contribution in [-0.4, -0.2) is 12.9 Å². The van der Waals surface area contributed by atoms with E-state index in [0.29, 0.717) is 11.0 Å². The molecule has 0 aliphatic carbocycles. The molecule has 0 amide bonds. The van der Waals surface area contributed by atoms with E-state index in [1.165, 1.54) is 17.7 Å². The van der Waals surface area contributed by atoms with Crippen molar-refractivity contribution in [1.29, 1.82) is 0 Å². The van der Waals surface area contributed by atoms with E-state index in [4.69, 9.17) is 11.6 Å². The molecular weight excluding hydrogens is 334 g/mol. The van der Waals surface area contributed by atoms with Crippen molar-refractivity contribution in [2.24, 2.45) is 0 Å². The molecule has 100 valence electrons. The molecule has 0 radical (unpaired) electrons. The van der Waals surface area contributed by atoms with Crippen LogP contribution in [0.5, 0.6) is 5.75 Å². The highest BCUT2D eigenvalue weighted by atomic mass is 79.9. The molecule has 0 atom stereocenters. The molecular formula is C11H10BrClF3NO. The van der Waals surface area contributed by atoms with Gasteiger partial charge in [0, 0.05) is 16.6 Å². The zero-order chi connectivity index (χ0) is 13.8. The molecule has 1 aromatic rings. The van der Waals surface area contributed by atoms with Gasteiger partial charge in [0.05, 0.1) is 5.69 Å². The van der Waals surface area contributed by atoms with E-state index in [9.17, 15) is 13.2 Å². The third-order valence-corrected chi connectivity index (χ3v) is 2.78. The van der Waals surface area contributed by atoms with Crippen LogP contribution in [0, 0.1) is 0 Å². The second-order valence-electron chi connectivity index (χ2n) is 3.50. The van der Waals surface area contributed by atoms with Gasteiger partial charge < -0.3 is 10.1 Å². The number of anilines is 1. The Kier molecular flexibility index (Phi) is 5.34. The van der Waals surface area contributed by atoms with Gasteiger partial charge in [-0.25, -0.2) is 0 Å². The van der Waals surface area contributed by atoms with Crippen molar-refractivity contribution in [2.75, 3.05) is 11.9 Å². The Hall–Kier alpha value is -0.880. The summed E-state index contributed by atoms with van der Waals surface area (Å²) in [6, 6.07) is 4.35. The Morgan fingerprint density at radius 3 is 2.72 bits per heavy atom. The van der Waals surface area contributed by atoms with Crippen molar-refractivity contribution in [2.45, 2.75) is 13.3 Å². The monoisotopic (exact) mass is 343 g/mol. The molecule has 0 aromatic heterocycles. The average Bonchev–Trinajstić information content (AvgIpc) is 2.25. The molecule has 0 heterocycles. The average molecular weight is 345 g/mol. The lowest BCUT2D eigenvalue weighted by atomic mass is 10.2. The zero-order valence-electron chi connectivity index (χ0n) is 9.31. The highest BCUT2D eigenvalue weighted by molar-refractivity contribution is 9.10. The summed E-state index contributed by atoms with van der Waals surface area (Å²) in [6.07, 6.45) is -4.73. The predicted octanol–water partition coefficient (Wildman–Crippen LogP) is 4.90. The van der Waals surface area contributed by atoms with Crippen molar-refractivity contribution in [3.63, 3.8) is 0 Å². The second-order valence-corrected chi connectivity index (χ2v) is 4.63. The quantitative estimate of drug-likeness (QED) is 0.838. The summed E-state index contributed by atoms with van der Waals surface area (Å²) >= 11 is 8.56. The summed E-state index contributed by atoms with van der Waals surface area (Å²) < 4.78 is 41.1. The Balaban J connectivity index is 2.89. The molecule has 2 nitrogen and oxygen atoms in total. The van der Waals surface area contributed by atoms with Gasteiger partial charge in [-0.2, -0.15) is 0 Å². The summed E-state index contributed by atoms with van der Waals surface area (Å²) in [5.41, 5.74) is 2.39. The van der Waals surface area contributed by atoms with Gasteiger partial charge in [0.2, 0.25) is 0 Å². The highest BCUT2D eigenvalue weighted by Crippen LogP contribution is 2.32. The van der Waals surface area contributed by atoms with Crippen LogP contribution in [0.25, 0.3) is 0 Å². The normalized spacial score (nSPS) is 12.4. The Bertz CT molecular complexity index is 448. The van der Waals surface area contributed by atoms with Gasteiger partial charge in [0.25, 0.3) is 0 Å². The molecule has 0 aliphatic heterocycles. The fraction of sp³-hybridized carbons (Fsp3) is 0.273. The van der Waals surface area contributed by atoms with E-state index in [0.717, 1.165) is 5.57 Å². The van der Waals surface area contributed by atoms with Gasteiger partial charge in [-0.15, -0.1) is 13.2 Å². The summed E-state index contributed by atoms with van der Waals surface area (Å²) in [5.74, 6) is -0.292. The van der Waals surface area contributed by atoms with Crippen LogP contribution in [0.2, 0.25) is 0 Å². The number of hydrogen-bond donors (Lipinski definition) is 1. The smallest absolute Gasteiger partial charge is 0.404 e. The van der Waals surface area contributed by atoms with E-state index >= 15 is 0 Å². The van der Waals surface area contributed by atoms with Crippen LogP contribution in [0.15, 0.2) is 33.8 Å². The Labute approximate surface area is 116 Å². The number of hydrogen-bond acceptors (Lipinski definition) is 2. The lowest BCUT2D eigenvalue weighted by Gasteiger charge is -2.15. The number of benzene rings is 1. The minimum atomic E-state index is -4.73. The Morgan fingerprint density at radius 1 is 1.50 bits per heavy atom. The fourth-order valence-electron chi connectivity index (χ4n) is 1.12. The Morgan fingerprint density at radius 2 is 2.17 bits per heavy atom. The molecule has 0 saturated carbocycles. The van der Waals surface area contributed by atoms with Crippen molar-refractivity contribution in [3.05, 3.63) is 33.8 Å². The lowest BCUT2D eigenvalue weighted by Crippen LogP contribution is -2.18. The van der Waals surface area contributed by atoms with Crippen molar-refractivity contribution in [1.82, 2.24) is 0 Å². The summed E-state index contributed by atoms with van der Waals surface area (Å²) in [7, 11) is 0. The van der Waals surface area contributed by atoms with Crippen LogP contribution in [0.3, 0.4) is 0 Å². The number of halogens is 5. The number of ether oxygens (including phenoxy) is 1. The highest BCUT2D eigenvalue weighted by Gasteiger charge is 2.32. The molecule has 0 unspecified atom stereocenters. The molecule has 7 heteroatoms. The number of alkyl halides is 3. The van der Waals surface area contributed by atoms with Gasteiger partial charge in [-0.1, -0.05) is 27.5 Å². The first-order chi connectivity index (χ1) is 8.31. The van der Waals surface area contributed by atoms with Crippen LogP contribution in [0.1, 0.15) is 6.92 Å². The molecule has 18 heavy (non-hydrogen) atoms. The van der Waals surface area contributed by atoms with Gasteiger partial charge in [-0.3, -0.25) is 0 Å². The SMILES string of the molecule is C/C(=C/Cl)CNc1ccc(Br)cc1OC(F)(F)F. The molecule has 0 bridgehead atoms. The van der Waals surface area contributed by atoms with Crippen molar-refractivity contribution in [3.8, 4) is 5.75 Å². The van der Waals surface area contributed by atoms with Gasteiger partial charge in [0.1, 0.15) is 0 Å². The second kappa shape index (κ2) is 6.33. The molecule has 1 aromatic carbocycles. The fourth-order valence-corrected chi connectivity index (χ4v) is 1.54. The van der Waals surface area contributed by atoms with E-state index in [1.807, 2.05) is 0 Å². The summed E-state index contributed by atoms with van der Waals surface area (Å²) in [6.45, 7) is 2.09. The topological polar surface area (TPSA) is 21.3 Å². The molecule has 0 fully saturated rings. The molecule has 0 aliphatic rings. The van der Waals surface area contributed by atoms with E-state index < -0.39 is 6.36 Å². The standard InChI is InChI=1S/C11H10BrClF3NO/c1-7(5-13)6-17-9-3-2-8(12)4-10(9)18-11(14,15)16/h2-5,17H,6H2,1H3/b7-5-. The third kappa shape index (κ3) is 5.18. The predicted molar refractivity (Wildman–Crippen MR) is 68.9 cm³/mol.